The molecule has 0 saturated carbocycles. The maximum atomic E-state index is 13.2. The highest BCUT2D eigenvalue weighted by molar-refractivity contribution is 5.73. The van der Waals surface area contributed by atoms with Gasteiger partial charge in [0, 0.05) is 11.8 Å². The van der Waals surface area contributed by atoms with Crippen LogP contribution in [-0.2, 0) is 11.2 Å². The van der Waals surface area contributed by atoms with Crippen LogP contribution < -0.4 is 0 Å². The quantitative estimate of drug-likeness (QED) is 0.633. The zero-order valence-electron chi connectivity index (χ0n) is 8.20. The number of phenolic OH excluding ortho intramolecular Hbond substituents is 1. The highest BCUT2D eigenvalue weighted by atomic mass is 19.4. The zero-order chi connectivity index (χ0) is 13.2. The summed E-state index contributed by atoms with van der Waals surface area (Å²) in [6, 6.07) is -0.686. The molecule has 17 heavy (non-hydrogen) atoms. The number of rotatable bonds is 4. The SMILES string of the molecule is O=C(O)[C@H](Cc1ccc(O)c(F)c1F)N(F)F. The number of aliphatic carboxylic acids is 1. The van der Waals surface area contributed by atoms with Crippen LogP contribution in [0.3, 0.4) is 0 Å². The highest BCUT2D eigenvalue weighted by Crippen LogP contribution is 2.23. The van der Waals surface area contributed by atoms with Crippen molar-refractivity contribution in [2.24, 2.45) is 0 Å². The van der Waals surface area contributed by atoms with Gasteiger partial charge in [-0.25, -0.2) is 4.39 Å². The first-order valence-electron chi connectivity index (χ1n) is 4.34. The first kappa shape index (κ1) is 13.2. The van der Waals surface area contributed by atoms with Crippen LogP contribution in [0.5, 0.6) is 5.75 Å². The number of carboxylic acids is 1. The van der Waals surface area contributed by atoms with Crippen molar-refractivity contribution in [2.75, 3.05) is 0 Å². The van der Waals surface area contributed by atoms with Gasteiger partial charge in [0.05, 0.1) is 0 Å². The van der Waals surface area contributed by atoms with Gasteiger partial charge in [-0.15, -0.1) is 8.96 Å². The number of halogens is 4. The molecule has 0 unspecified atom stereocenters. The van der Waals surface area contributed by atoms with Crippen molar-refractivity contribution in [2.45, 2.75) is 12.5 Å². The molecule has 0 aliphatic heterocycles. The van der Waals surface area contributed by atoms with E-state index in [0.717, 1.165) is 12.1 Å². The normalized spacial score (nSPS) is 12.8. The Balaban J connectivity index is 3.02. The summed E-state index contributed by atoms with van der Waals surface area (Å²) in [4.78, 5) is 10.4. The van der Waals surface area contributed by atoms with Crippen LogP contribution in [0.15, 0.2) is 12.1 Å². The fourth-order valence-corrected chi connectivity index (χ4v) is 1.19. The number of aromatic hydroxyl groups is 1. The van der Waals surface area contributed by atoms with Crippen LogP contribution in [0.1, 0.15) is 5.56 Å². The van der Waals surface area contributed by atoms with E-state index in [1.54, 1.807) is 0 Å². The number of carboxylic acid groups (broad SMARTS) is 1. The molecule has 1 aromatic carbocycles. The van der Waals surface area contributed by atoms with Gasteiger partial charge in [0.25, 0.3) is 0 Å². The standard InChI is InChI=1S/C9H7F4NO3/c10-7-4(1-2-6(15)8(7)11)3-5(9(16)17)14(12)13/h1-2,5,15H,3H2,(H,16,17)/t5-/m0/s1. The third kappa shape index (κ3) is 2.84. The Morgan fingerprint density at radius 3 is 2.35 bits per heavy atom. The molecule has 1 aromatic rings. The molecule has 0 amide bonds. The summed E-state index contributed by atoms with van der Waals surface area (Å²) >= 11 is 0. The Labute approximate surface area is 92.6 Å². The third-order valence-corrected chi connectivity index (χ3v) is 2.08. The molecule has 4 nitrogen and oxygen atoms in total. The molecule has 0 saturated heterocycles. The lowest BCUT2D eigenvalue weighted by Crippen LogP contribution is -2.33. The molecule has 1 atom stereocenters. The van der Waals surface area contributed by atoms with Crippen molar-refractivity contribution in [3.05, 3.63) is 29.3 Å². The molecule has 2 N–H and O–H groups in total. The minimum atomic E-state index is -2.28. The molecule has 8 heteroatoms. The van der Waals surface area contributed by atoms with Gasteiger partial charge in [-0.2, -0.15) is 4.39 Å². The Kier molecular flexibility index (Phi) is 3.89. The molecular formula is C9H7F4NO3. The average Bonchev–Trinajstić information content (AvgIpc) is 2.24. The second-order valence-corrected chi connectivity index (χ2v) is 3.19. The summed E-state index contributed by atoms with van der Waals surface area (Å²) in [5, 5.41) is 15.6. The van der Waals surface area contributed by atoms with Crippen LogP contribution in [0, 0.1) is 11.6 Å². The first-order valence-corrected chi connectivity index (χ1v) is 4.34. The van der Waals surface area contributed by atoms with E-state index in [4.69, 9.17) is 10.2 Å². The fraction of sp³-hybridized carbons (Fsp3) is 0.222. The summed E-state index contributed by atoms with van der Waals surface area (Å²) in [6.45, 7) is 0. The van der Waals surface area contributed by atoms with Gasteiger partial charge in [0.15, 0.2) is 17.6 Å². The molecule has 94 valence electrons. The largest absolute Gasteiger partial charge is 0.505 e. The summed E-state index contributed by atoms with van der Waals surface area (Å²) in [7, 11) is 0. The van der Waals surface area contributed by atoms with Gasteiger partial charge < -0.3 is 10.2 Å². The monoisotopic (exact) mass is 253 g/mol. The molecule has 1 rings (SSSR count). The van der Waals surface area contributed by atoms with E-state index in [1.807, 2.05) is 0 Å². The van der Waals surface area contributed by atoms with Gasteiger partial charge in [-0.05, 0) is 11.6 Å². The average molecular weight is 253 g/mol. The zero-order valence-corrected chi connectivity index (χ0v) is 8.20. The van der Waals surface area contributed by atoms with Crippen LogP contribution in [0.25, 0.3) is 0 Å². The van der Waals surface area contributed by atoms with Gasteiger partial charge in [0.2, 0.25) is 5.82 Å². The van der Waals surface area contributed by atoms with Gasteiger partial charge in [-0.1, -0.05) is 6.07 Å². The summed E-state index contributed by atoms with van der Waals surface area (Å²) < 4.78 is 50.3. The maximum absolute atomic E-state index is 13.2. The van der Waals surface area contributed by atoms with Gasteiger partial charge >= 0.3 is 5.97 Å². The number of phenols is 1. The predicted molar refractivity (Wildman–Crippen MR) is 47.2 cm³/mol. The van der Waals surface area contributed by atoms with Crippen molar-refractivity contribution < 1.29 is 32.8 Å². The van der Waals surface area contributed by atoms with E-state index in [0.29, 0.717) is 0 Å². The topological polar surface area (TPSA) is 60.8 Å². The van der Waals surface area contributed by atoms with E-state index >= 15 is 0 Å². The molecule has 0 aliphatic carbocycles. The molecule has 0 aromatic heterocycles. The molecule has 0 heterocycles. The van der Waals surface area contributed by atoms with Crippen molar-refractivity contribution in [1.29, 1.82) is 0 Å². The highest BCUT2D eigenvalue weighted by Gasteiger charge is 2.28. The summed E-state index contributed by atoms with van der Waals surface area (Å²) in [5.74, 6) is -5.99. The number of carbonyl (C=O) groups is 1. The van der Waals surface area contributed by atoms with Crippen LogP contribution in [-0.4, -0.2) is 27.6 Å². The van der Waals surface area contributed by atoms with Crippen LogP contribution in [0.4, 0.5) is 17.7 Å². The van der Waals surface area contributed by atoms with Crippen molar-refractivity contribution >= 4 is 5.97 Å². The molecule has 0 aliphatic rings. The lowest BCUT2D eigenvalue weighted by atomic mass is 10.1. The van der Waals surface area contributed by atoms with Gasteiger partial charge in [-0.3, -0.25) is 4.79 Å². The minimum absolute atomic E-state index is 0.562. The van der Waals surface area contributed by atoms with E-state index in [9.17, 15) is 22.5 Å². The summed E-state index contributed by atoms with van der Waals surface area (Å²) in [5.41, 5.74) is -0.562. The van der Waals surface area contributed by atoms with Crippen LogP contribution >= 0.6 is 0 Å². The fourth-order valence-electron chi connectivity index (χ4n) is 1.19. The minimum Gasteiger partial charge on any atom is -0.505 e. The second kappa shape index (κ2) is 5.00. The third-order valence-electron chi connectivity index (χ3n) is 2.08. The van der Waals surface area contributed by atoms with E-state index in [2.05, 4.69) is 0 Å². The molecule has 0 bridgehead atoms. The molecule has 0 radical (unpaired) electrons. The number of hydrogen-bond donors (Lipinski definition) is 2. The molecule has 0 spiro atoms. The Morgan fingerprint density at radius 2 is 1.88 bits per heavy atom. The van der Waals surface area contributed by atoms with Crippen molar-refractivity contribution in [3.63, 3.8) is 0 Å². The maximum Gasteiger partial charge on any atom is 0.326 e. The van der Waals surface area contributed by atoms with E-state index in [1.165, 1.54) is 0 Å². The molecular weight excluding hydrogens is 246 g/mol. The second-order valence-electron chi connectivity index (χ2n) is 3.19. The van der Waals surface area contributed by atoms with Crippen molar-refractivity contribution in [1.82, 2.24) is 5.34 Å². The number of hydrogen-bond acceptors (Lipinski definition) is 3. The number of benzene rings is 1. The lowest BCUT2D eigenvalue weighted by Gasteiger charge is -2.12. The Hall–Kier alpha value is -1.83. The van der Waals surface area contributed by atoms with Gasteiger partial charge in [0.1, 0.15) is 0 Å². The van der Waals surface area contributed by atoms with Crippen molar-refractivity contribution in [3.8, 4) is 5.75 Å². The smallest absolute Gasteiger partial charge is 0.326 e. The predicted octanol–water partition coefficient (Wildman–Crippen LogP) is 1.74. The van der Waals surface area contributed by atoms with Crippen LogP contribution in [0.2, 0.25) is 0 Å². The molecule has 0 fully saturated rings. The van der Waals surface area contributed by atoms with E-state index < -0.39 is 46.7 Å². The summed E-state index contributed by atoms with van der Waals surface area (Å²) in [6.07, 6.45) is -0.925. The number of nitrogens with zero attached hydrogens (tertiary/aromatic N) is 1. The Morgan fingerprint density at radius 1 is 1.29 bits per heavy atom. The lowest BCUT2D eigenvalue weighted by molar-refractivity contribution is -0.201. The van der Waals surface area contributed by atoms with E-state index in [-0.39, 0.29) is 0 Å². The first-order chi connectivity index (χ1) is 7.84. The Bertz CT molecular complexity index is 438.